The molecule has 1 aromatic carbocycles. The fraction of sp³-hybridized carbons (Fsp3) is 0.500. The van der Waals surface area contributed by atoms with Crippen molar-refractivity contribution in [2.75, 3.05) is 33.7 Å². The van der Waals surface area contributed by atoms with Gasteiger partial charge in [-0.25, -0.2) is 4.79 Å². The highest BCUT2D eigenvalue weighted by atomic mass is 32.1. The predicted molar refractivity (Wildman–Crippen MR) is 123 cm³/mol. The lowest BCUT2D eigenvalue weighted by atomic mass is 9.90. The summed E-state index contributed by atoms with van der Waals surface area (Å²) in [5, 5.41) is 2.12. The summed E-state index contributed by atoms with van der Waals surface area (Å²) in [5.41, 5.74) is 3.58. The maximum absolute atomic E-state index is 13.5. The molecule has 3 amide bonds. The predicted octanol–water partition coefficient (Wildman–Crippen LogP) is 4.70. The molecule has 1 atom stereocenters. The monoisotopic (exact) mass is 427 g/mol. The van der Waals surface area contributed by atoms with Crippen molar-refractivity contribution in [3.63, 3.8) is 0 Å². The third-order valence-corrected chi connectivity index (χ3v) is 6.78. The molecule has 0 aliphatic carbocycles. The highest BCUT2D eigenvalue weighted by Gasteiger charge is 2.34. The number of benzene rings is 1. The summed E-state index contributed by atoms with van der Waals surface area (Å²) in [5.74, 6) is 0.0202. The Balaban J connectivity index is 1.87. The Morgan fingerprint density at radius 3 is 2.60 bits per heavy atom. The van der Waals surface area contributed by atoms with Gasteiger partial charge in [0.05, 0.1) is 6.04 Å². The molecule has 1 aliphatic heterocycles. The van der Waals surface area contributed by atoms with E-state index in [-0.39, 0.29) is 24.5 Å². The molecule has 0 spiro atoms. The lowest BCUT2D eigenvalue weighted by Gasteiger charge is -2.38. The van der Waals surface area contributed by atoms with Gasteiger partial charge >= 0.3 is 6.03 Å². The van der Waals surface area contributed by atoms with Crippen LogP contribution in [0.15, 0.2) is 35.7 Å². The first-order valence-electron chi connectivity index (χ1n) is 10.8. The van der Waals surface area contributed by atoms with Crippen molar-refractivity contribution in [3.8, 4) is 0 Å². The maximum atomic E-state index is 13.5. The van der Waals surface area contributed by atoms with E-state index < -0.39 is 0 Å². The normalized spacial score (nSPS) is 15.6. The summed E-state index contributed by atoms with van der Waals surface area (Å²) in [4.78, 5) is 32.8. The summed E-state index contributed by atoms with van der Waals surface area (Å²) in [6.45, 7) is 5.67. The molecule has 0 fully saturated rings. The van der Waals surface area contributed by atoms with Gasteiger partial charge in [0.25, 0.3) is 0 Å². The molecule has 6 heteroatoms. The summed E-state index contributed by atoms with van der Waals surface area (Å²) in [6.07, 6.45) is 3.93. The molecule has 0 N–H and O–H groups in total. The van der Waals surface area contributed by atoms with Gasteiger partial charge < -0.3 is 14.7 Å². The third-order valence-electron chi connectivity index (χ3n) is 5.78. The number of aryl methyl sites for hydroxylation is 1. The van der Waals surface area contributed by atoms with Crippen molar-refractivity contribution >= 4 is 23.3 Å². The Bertz CT molecular complexity index is 877. The minimum absolute atomic E-state index is 0.0202. The lowest BCUT2D eigenvalue weighted by molar-refractivity contribution is -0.134. The Labute approximate surface area is 184 Å². The van der Waals surface area contributed by atoms with Crippen LogP contribution >= 0.6 is 11.3 Å². The number of fused-ring (bicyclic) bond motifs is 1. The van der Waals surface area contributed by atoms with E-state index in [1.165, 1.54) is 21.6 Å². The minimum atomic E-state index is -0.0971. The van der Waals surface area contributed by atoms with Crippen LogP contribution in [0.4, 0.5) is 4.79 Å². The van der Waals surface area contributed by atoms with Gasteiger partial charge in [0.2, 0.25) is 5.91 Å². The van der Waals surface area contributed by atoms with Crippen LogP contribution in [0.2, 0.25) is 0 Å². The number of hydrogen-bond acceptors (Lipinski definition) is 3. The molecule has 1 aliphatic rings. The average Bonchev–Trinajstić information content (AvgIpc) is 3.21. The van der Waals surface area contributed by atoms with Gasteiger partial charge in [0.1, 0.15) is 6.54 Å². The number of carbonyl (C=O) groups excluding carboxylic acids is 2. The Kier molecular flexibility index (Phi) is 7.53. The third kappa shape index (κ3) is 4.86. The zero-order valence-electron chi connectivity index (χ0n) is 18.6. The van der Waals surface area contributed by atoms with E-state index in [0.29, 0.717) is 13.1 Å². The number of thiophene rings is 1. The standard InChI is InChI=1S/C24H33N3O2S/c1-5-6-9-14-26(24(29)25(3)4)17-22(28)27-15-12-21-20(13-16-30-21)23(27)19-11-8-7-10-18(19)2/h7-8,10-11,13,16,23H,5-6,9,12,14-15,17H2,1-4H3/t23-/m1/s1. The van der Waals surface area contributed by atoms with Crippen molar-refractivity contribution in [2.24, 2.45) is 0 Å². The number of nitrogens with zero attached hydrogens (tertiary/aromatic N) is 3. The van der Waals surface area contributed by atoms with Crippen LogP contribution < -0.4 is 0 Å². The van der Waals surface area contributed by atoms with E-state index in [0.717, 1.165) is 25.7 Å². The van der Waals surface area contributed by atoms with Crippen LogP contribution in [0.3, 0.4) is 0 Å². The molecular weight excluding hydrogens is 394 g/mol. The van der Waals surface area contributed by atoms with Crippen molar-refractivity contribution in [1.29, 1.82) is 0 Å². The summed E-state index contributed by atoms with van der Waals surface area (Å²) < 4.78 is 0. The van der Waals surface area contributed by atoms with Gasteiger partial charge in [-0.15, -0.1) is 11.3 Å². The van der Waals surface area contributed by atoms with E-state index in [9.17, 15) is 9.59 Å². The van der Waals surface area contributed by atoms with E-state index in [1.54, 1.807) is 35.2 Å². The smallest absolute Gasteiger partial charge is 0.319 e. The first kappa shape index (κ1) is 22.3. The average molecular weight is 428 g/mol. The van der Waals surface area contributed by atoms with Crippen LogP contribution in [0.5, 0.6) is 0 Å². The number of unbranched alkanes of at least 4 members (excludes halogenated alkanes) is 2. The number of amides is 3. The first-order valence-corrected chi connectivity index (χ1v) is 11.7. The fourth-order valence-electron chi connectivity index (χ4n) is 4.15. The van der Waals surface area contributed by atoms with E-state index in [1.807, 2.05) is 17.0 Å². The summed E-state index contributed by atoms with van der Waals surface area (Å²) >= 11 is 1.77. The fourth-order valence-corrected chi connectivity index (χ4v) is 5.05. The number of rotatable bonds is 7. The Morgan fingerprint density at radius 1 is 1.13 bits per heavy atom. The van der Waals surface area contributed by atoms with E-state index in [2.05, 4.69) is 37.4 Å². The van der Waals surface area contributed by atoms with Crippen LogP contribution in [-0.2, 0) is 11.2 Å². The Morgan fingerprint density at radius 2 is 1.90 bits per heavy atom. The molecule has 2 heterocycles. The molecule has 0 bridgehead atoms. The zero-order chi connectivity index (χ0) is 21.7. The van der Waals surface area contributed by atoms with Crippen molar-refractivity contribution in [1.82, 2.24) is 14.7 Å². The van der Waals surface area contributed by atoms with Gasteiger partial charge in [0.15, 0.2) is 0 Å². The van der Waals surface area contributed by atoms with E-state index >= 15 is 0 Å². The second kappa shape index (κ2) is 10.1. The van der Waals surface area contributed by atoms with Gasteiger partial charge in [0, 0.05) is 32.1 Å². The number of carbonyl (C=O) groups is 2. The largest absolute Gasteiger partial charge is 0.331 e. The molecule has 30 heavy (non-hydrogen) atoms. The van der Waals surface area contributed by atoms with Crippen LogP contribution in [0.1, 0.15) is 53.8 Å². The van der Waals surface area contributed by atoms with E-state index in [4.69, 9.17) is 0 Å². The van der Waals surface area contributed by atoms with Crippen LogP contribution in [0, 0.1) is 6.92 Å². The molecule has 2 aromatic rings. The lowest BCUT2D eigenvalue weighted by Crippen LogP contribution is -2.49. The van der Waals surface area contributed by atoms with Crippen LogP contribution in [-0.4, -0.2) is 60.4 Å². The maximum Gasteiger partial charge on any atom is 0.319 e. The second-order valence-corrected chi connectivity index (χ2v) is 9.20. The zero-order valence-corrected chi connectivity index (χ0v) is 19.4. The number of hydrogen-bond donors (Lipinski definition) is 0. The quantitative estimate of drug-likeness (QED) is 0.601. The van der Waals surface area contributed by atoms with Gasteiger partial charge in [-0.05, 0) is 47.9 Å². The molecule has 3 rings (SSSR count). The molecule has 0 saturated carbocycles. The van der Waals surface area contributed by atoms with Crippen molar-refractivity contribution in [3.05, 3.63) is 57.3 Å². The SMILES string of the molecule is CCCCCN(CC(=O)N1CCc2sccc2[C@H]1c1ccccc1C)C(=O)N(C)C. The van der Waals surface area contributed by atoms with Crippen LogP contribution in [0.25, 0.3) is 0 Å². The number of urea groups is 1. The minimum Gasteiger partial charge on any atom is -0.331 e. The summed E-state index contributed by atoms with van der Waals surface area (Å²) in [6, 6.07) is 10.3. The first-order chi connectivity index (χ1) is 14.4. The van der Waals surface area contributed by atoms with Crippen molar-refractivity contribution < 1.29 is 9.59 Å². The molecule has 5 nitrogen and oxygen atoms in total. The van der Waals surface area contributed by atoms with Crippen molar-refractivity contribution in [2.45, 2.75) is 45.6 Å². The molecule has 0 unspecified atom stereocenters. The molecule has 162 valence electrons. The van der Waals surface area contributed by atoms with Gasteiger partial charge in [-0.2, -0.15) is 0 Å². The topological polar surface area (TPSA) is 43.9 Å². The highest BCUT2D eigenvalue weighted by molar-refractivity contribution is 7.10. The van der Waals surface area contributed by atoms with Gasteiger partial charge in [-0.1, -0.05) is 44.0 Å². The Hall–Kier alpha value is -2.34. The molecular formula is C24H33N3O2S. The molecule has 0 radical (unpaired) electrons. The van der Waals surface area contributed by atoms with Gasteiger partial charge in [-0.3, -0.25) is 4.79 Å². The summed E-state index contributed by atoms with van der Waals surface area (Å²) in [7, 11) is 3.49. The second-order valence-electron chi connectivity index (χ2n) is 8.20. The molecule has 1 aromatic heterocycles. The molecule has 0 saturated heterocycles. The highest BCUT2D eigenvalue weighted by Crippen LogP contribution is 2.39.